The molecule has 7 heteroatoms. The standard InChI is InChI=1S/C14H26N6O/c1-5-8-21-14-17-12(15-2)16-13(18-14)20(4)10-11-6-7-19(3)9-11/h11H,5-10H2,1-4H3,(H,15,16,17,18). The molecule has 1 aromatic heterocycles. The van der Waals surface area contributed by atoms with Gasteiger partial charge in [-0.1, -0.05) is 6.92 Å². The van der Waals surface area contributed by atoms with Gasteiger partial charge in [-0.05, 0) is 32.4 Å². The third-order valence-corrected chi connectivity index (χ3v) is 3.62. The first-order valence-electron chi connectivity index (χ1n) is 7.58. The van der Waals surface area contributed by atoms with Crippen LogP contribution in [0.15, 0.2) is 0 Å². The van der Waals surface area contributed by atoms with E-state index in [1.807, 2.05) is 7.05 Å². The quantitative estimate of drug-likeness (QED) is 0.807. The van der Waals surface area contributed by atoms with Gasteiger partial charge in [0.25, 0.3) is 0 Å². The second-order valence-corrected chi connectivity index (χ2v) is 5.64. The second kappa shape index (κ2) is 7.40. The molecule has 118 valence electrons. The minimum absolute atomic E-state index is 0.390. The van der Waals surface area contributed by atoms with Gasteiger partial charge in [0.15, 0.2) is 0 Å². The van der Waals surface area contributed by atoms with Crippen LogP contribution in [0.25, 0.3) is 0 Å². The van der Waals surface area contributed by atoms with Crippen molar-refractivity contribution in [2.75, 3.05) is 57.6 Å². The zero-order chi connectivity index (χ0) is 15.2. The molecule has 1 aromatic rings. The van der Waals surface area contributed by atoms with Crippen LogP contribution < -0.4 is 15.0 Å². The number of aromatic nitrogens is 3. The summed E-state index contributed by atoms with van der Waals surface area (Å²) in [5, 5.41) is 2.96. The lowest BCUT2D eigenvalue weighted by Gasteiger charge is -2.21. The van der Waals surface area contributed by atoms with Crippen LogP contribution in [0.2, 0.25) is 0 Å². The number of rotatable bonds is 7. The highest BCUT2D eigenvalue weighted by molar-refractivity contribution is 5.37. The summed E-state index contributed by atoms with van der Waals surface area (Å²) < 4.78 is 5.54. The second-order valence-electron chi connectivity index (χ2n) is 5.64. The third-order valence-electron chi connectivity index (χ3n) is 3.62. The summed E-state index contributed by atoms with van der Waals surface area (Å²) in [6.07, 6.45) is 2.16. The van der Waals surface area contributed by atoms with E-state index in [1.165, 1.54) is 13.0 Å². The van der Waals surface area contributed by atoms with Crippen LogP contribution in [0.5, 0.6) is 6.01 Å². The van der Waals surface area contributed by atoms with E-state index in [1.54, 1.807) is 7.05 Å². The fourth-order valence-corrected chi connectivity index (χ4v) is 2.53. The van der Waals surface area contributed by atoms with Crippen molar-refractivity contribution < 1.29 is 4.74 Å². The van der Waals surface area contributed by atoms with Gasteiger partial charge < -0.3 is 19.9 Å². The van der Waals surface area contributed by atoms with Crippen molar-refractivity contribution in [3.05, 3.63) is 0 Å². The monoisotopic (exact) mass is 294 g/mol. The summed E-state index contributed by atoms with van der Waals surface area (Å²) in [5.74, 6) is 1.87. The molecule has 0 saturated carbocycles. The largest absolute Gasteiger partial charge is 0.463 e. The van der Waals surface area contributed by atoms with Gasteiger partial charge >= 0.3 is 6.01 Å². The van der Waals surface area contributed by atoms with Crippen LogP contribution in [-0.2, 0) is 0 Å². The Labute approximate surface area is 126 Å². The van der Waals surface area contributed by atoms with Gasteiger partial charge in [0.1, 0.15) is 0 Å². The summed E-state index contributed by atoms with van der Waals surface area (Å²) in [4.78, 5) is 17.5. The third kappa shape index (κ3) is 4.42. The molecule has 7 nitrogen and oxygen atoms in total. The molecule has 1 unspecified atom stereocenters. The number of hydrogen-bond donors (Lipinski definition) is 1. The molecular weight excluding hydrogens is 268 g/mol. The Kier molecular flexibility index (Phi) is 5.55. The minimum Gasteiger partial charge on any atom is -0.463 e. The Morgan fingerprint density at radius 1 is 1.38 bits per heavy atom. The van der Waals surface area contributed by atoms with E-state index in [0.717, 1.165) is 19.5 Å². The summed E-state index contributed by atoms with van der Waals surface area (Å²) in [7, 11) is 5.99. The van der Waals surface area contributed by atoms with Crippen molar-refractivity contribution in [1.29, 1.82) is 0 Å². The molecule has 21 heavy (non-hydrogen) atoms. The fourth-order valence-electron chi connectivity index (χ4n) is 2.53. The summed E-state index contributed by atoms with van der Waals surface area (Å²) >= 11 is 0. The first kappa shape index (κ1) is 15.8. The molecule has 1 aliphatic heterocycles. The van der Waals surface area contributed by atoms with Gasteiger partial charge in [-0.2, -0.15) is 15.0 Å². The highest BCUT2D eigenvalue weighted by Gasteiger charge is 2.22. The van der Waals surface area contributed by atoms with Crippen molar-refractivity contribution in [2.24, 2.45) is 5.92 Å². The zero-order valence-electron chi connectivity index (χ0n) is 13.5. The van der Waals surface area contributed by atoms with E-state index in [4.69, 9.17) is 4.74 Å². The van der Waals surface area contributed by atoms with E-state index >= 15 is 0 Å². The Hall–Kier alpha value is -1.63. The number of hydrogen-bond acceptors (Lipinski definition) is 7. The highest BCUT2D eigenvalue weighted by Crippen LogP contribution is 2.19. The van der Waals surface area contributed by atoms with E-state index in [9.17, 15) is 0 Å². The van der Waals surface area contributed by atoms with Crippen molar-refractivity contribution >= 4 is 11.9 Å². The molecular formula is C14H26N6O. The Morgan fingerprint density at radius 3 is 2.81 bits per heavy atom. The maximum atomic E-state index is 5.54. The average Bonchev–Trinajstić information content (AvgIpc) is 2.89. The number of likely N-dealkylation sites (tertiary alicyclic amines) is 1. The maximum absolute atomic E-state index is 5.54. The van der Waals surface area contributed by atoms with Crippen LogP contribution >= 0.6 is 0 Å². The van der Waals surface area contributed by atoms with E-state index in [2.05, 4.69) is 44.0 Å². The Balaban J connectivity index is 2.05. The first-order valence-corrected chi connectivity index (χ1v) is 7.58. The molecule has 0 amide bonds. The zero-order valence-corrected chi connectivity index (χ0v) is 13.5. The van der Waals surface area contributed by atoms with Gasteiger partial charge in [-0.25, -0.2) is 0 Å². The molecule has 1 atom stereocenters. The van der Waals surface area contributed by atoms with Gasteiger partial charge in [0.2, 0.25) is 11.9 Å². The molecule has 0 radical (unpaired) electrons. The van der Waals surface area contributed by atoms with Crippen LogP contribution in [0.4, 0.5) is 11.9 Å². The lowest BCUT2D eigenvalue weighted by molar-refractivity contribution is 0.292. The van der Waals surface area contributed by atoms with Crippen molar-refractivity contribution in [3.63, 3.8) is 0 Å². The highest BCUT2D eigenvalue weighted by atomic mass is 16.5. The molecule has 0 spiro atoms. The summed E-state index contributed by atoms with van der Waals surface area (Å²) in [6.45, 7) is 5.92. The van der Waals surface area contributed by atoms with Crippen LogP contribution in [0, 0.1) is 5.92 Å². The SMILES string of the molecule is CCCOc1nc(NC)nc(N(C)CC2CCN(C)C2)n1. The first-order chi connectivity index (χ1) is 10.1. The predicted octanol–water partition coefficient (Wildman–Crippen LogP) is 1.09. The number of ether oxygens (including phenoxy) is 1. The molecule has 1 N–H and O–H groups in total. The maximum Gasteiger partial charge on any atom is 0.323 e. The summed E-state index contributed by atoms with van der Waals surface area (Å²) in [6, 6.07) is 0.390. The lowest BCUT2D eigenvalue weighted by Crippen LogP contribution is -2.29. The molecule has 0 aromatic carbocycles. The molecule has 2 heterocycles. The molecule has 0 bridgehead atoms. The normalized spacial score (nSPS) is 18.8. The predicted molar refractivity (Wildman–Crippen MR) is 84.0 cm³/mol. The van der Waals surface area contributed by atoms with Gasteiger partial charge in [-0.3, -0.25) is 0 Å². The van der Waals surface area contributed by atoms with Crippen LogP contribution in [-0.4, -0.2) is 67.2 Å². The van der Waals surface area contributed by atoms with Gasteiger partial charge in [0, 0.05) is 27.2 Å². The van der Waals surface area contributed by atoms with Gasteiger partial charge in [-0.15, -0.1) is 0 Å². The molecule has 2 rings (SSSR count). The van der Waals surface area contributed by atoms with E-state index in [-0.39, 0.29) is 0 Å². The van der Waals surface area contributed by atoms with Crippen LogP contribution in [0.1, 0.15) is 19.8 Å². The molecule has 1 aliphatic rings. The van der Waals surface area contributed by atoms with Crippen LogP contribution in [0.3, 0.4) is 0 Å². The smallest absolute Gasteiger partial charge is 0.323 e. The number of nitrogens with one attached hydrogen (secondary N) is 1. The van der Waals surface area contributed by atoms with Crippen molar-refractivity contribution in [1.82, 2.24) is 19.9 Å². The number of nitrogens with zero attached hydrogens (tertiary/aromatic N) is 5. The molecule has 1 saturated heterocycles. The van der Waals surface area contributed by atoms with E-state index in [0.29, 0.717) is 30.4 Å². The molecule has 1 fully saturated rings. The Bertz CT molecular complexity index is 455. The van der Waals surface area contributed by atoms with Crippen molar-refractivity contribution in [2.45, 2.75) is 19.8 Å². The lowest BCUT2D eigenvalue weighted by atomic mass is 10.1. The van der Waals surface area contributed by atoms with E-state index < -0.39 is 0 Å². The minimum atomic E-state index is 0.390. The van der Waals surface area contributed by atoms with Gasteiger partial charge in [0.05, 0.1) is 6.61 Å². The average molecular weight is 294 g/mol. The Morgan fingerprint density at radius 2 is 2.19 bits per heavy atom. The topological polar surface area (TPSA) is 66.4 Å². The summed E-state index contributed by atoms with van der Waals surface area (Å²) in [5.41, 5.74) is 0. The fraction of sp³-hybridized carbons (Fsp3) is 0.786. The molecule has 0 aliphatic carbocycles. The van der Waals surface area contributed by atoms with Crippen molar-refractivity contribution in [3.8, 4) is 6.01 Å². The number of anilines is 2.